The zero-order chi connectivity index (χ0) is 12.6. The van der Waals surface area contributed by atoms with E-state index in [1.807, 2.05) is 31.2 Å². The molecular formula is C13H16N2O2. The molecule has 0 saturated heterocycles. The molecule has 0 radical (unpaired) electrons. The van der Waals surface area contributed by atoms with E-state index in [9.17, 15) is 9.90 Å². The maximum atomic E-state index is 12.1. The van der Waals surface area contributed by atoms with E-state index < -0.39 is 6.10 Å². The lowest BCUT2D eigenvalue weighted by Gasteiger charge is -2.20. The van der Waals surface area contributed by atoms with Crippen molar-refractivity contribution in [2.45, 2.75) is 32.9 Å². The number of aliphatic hydroxyl groups is 1. The fourth-order valence-electron chi connectivity index (χ4n) is 1.89. The van der Waals surface area contributed by atoms with Gasteiger partial charge in [-0.1, -0.05) is 12.1 Å². The highest BCUT2D eigenvalue weighted by atomic mass is 16.3. The Morgan fingerprint density at radius 1 is 1.29 bits per heavy atom. The number of para-hydroxylation sites is 2. The van der Waals surface area contributed by atoms with Crippen molar-refractivity contribution in [3.8, 4) is 0 Å². The van der Waals surface area contributed by atoms with Crippen molar-refractivity contribution in [2.75, 3.05) is 0 Å². The van der Waals surface area contributed by atoms with Crippen molar-refractivity contribution in [2.24, 2.45) is 0 Å². The standard InChI is InChI=1S/C13H16N2O2/c1-8-13(17)15(9(2)10(3)16)12-7-5-4-6-11(12)14-8/h4-7,9-10,16H,1-3H3. The van der Waals surface area contributed by atoms with Crippen molar-refractivity contribution in [1.29, 1.82) is 0 Å². The Morgan fingerprint density at radius 2 is 1.94 bits per heavy atom. The first-order valence-electron chi connectivity index (χ1n) is 5.68. The van der Waals surface area contributed by atoms with Gasteiger partial charge in [0.2, 0.25) is 0 Å². The van der Waals surface area contributed by atoms with Crippen LogP contribution in [0, 0.1) is 6.92 Å². The normalized spacial score (nSPS) is 14.8. The van der Waals surface area contributed by atoms with Gasteiger partial charge in [0.25, 0.3) is 5.56 Å². The predicted octanol–water partition coefficient (Wildman–Crippen LogP) is 1.65. The van der Waals surface area contributed by atoms with Crippen molar-refractivity contribution < 1.29 is 5.11 Å². The third-order valence-corrected chi connectivity index (χ3v) is 3.06. The van der Waals surface area contributed by atoms with Gasteiger partial charge in [-0.15, -0.1) is 0 Å². The lowest BCUT2D eigenvalue weighted by atomic mass is 10.2. The molecule has 0 aliphatic rings. The third kappa shape index (κ3) is 1.96. The molecule has 17 heavy (non-hydrogen) atoms. The monoisotopic (exact) mass is 232 g/mol. The summed E-state index contributed by atoms with van der Waals surface area (Å²) < 4.78 is 1.61. The summed E-state index contributed by atoms with van der Waals surface area (Å²) in [5.74, 6) is 0. The maximum absolute atomic E-state index is 12.1. The summed E-state index contributed by atoms with van der Waals surface area (Å²) in [6.45, 7) is 5.21. The average molecular weight is 232 g/mol. The average Bonchev–Trinajstić information content (AvgIpc) is 2.30. The van der Waals surface area contributed by atoms with Crippen LogP contribution < -0.4 is 5.56 Å². The van der Waals surface area contributed by atoms with Gasteiger partial charge in [-0.2, -0.15) is 0 Å². The van der Waals surface area contributed by atoms with E-state index in [-0.39, 0.29) is 11.6 Å². The second-order valence-electron chi connectivity index (χ2n) is 4.34. The Balaban J connectivity index is 2.83. The summed E-state index contributed by atoms with van der Waals surface area (Å²) in [6, 6.07) is 7.20. The molecule has 2 unspecified atom stereocenters. The van der Waals surface area contributed by atoms with Crippen LogP contribution in [0.1, 0.15) is 25.6 Å². The van der Waals surface area contributed by atoms with Gasteiger partial charge >= 0.3 is 0 Å². The van der Waals surface area contributed by atoms with E-state index in [2.05, 4.69) is 4.98 Å². The number of hydrogen-bond acceptors (Lipinski definition) is 3. The number of hydrogen-bond donors (Lipinski definition) is 1. The summed E-state index contributed by atoms with van der Waals surface area (Å²) in [5, 5.41) is 9.67. The van der Waals surface area contributed by atoms with Crippen LogP contribution >= 0.6 is 0 Å². The minimum atomic E-state index is -0.585. The molecule has 0 aliphatic carbocycles. The topological polar surface area (TPSA) is 55.1 Å². The largest absolute Gasteiger partial charge is 0.391 e. The first-order chi connectivity index (χ1) is 8.02. The Bertz CT molecular complexity index is 602. The SMILES string of the molecule is Cc1nc2ccccc2n(C(C)C(C)O)c1=O. The first kappa shape index (κ1) is 11.8. The number of benzene rings is 1. The minimum absolute atomic E-state index is 0.142. The lowest BCUT2D eigenvalue weighted by molar-refractivity contribution is 0.139. The lowest BCUT2D eigenvalue weighted by Crippen LogP contribution is -2.31. The summed E-state index contributed by atoms with van der Waals surface area (Å²) in [4.78, 5) is 16.4. The van der Waals surface area contributed by atoms with Gasteiger partial charge in [-0.25, -0.2) is 4.98 Å². The van der Waals surface area contributed by atoms with E-state index in [1.165, 1.54) is 0 Å². The maximum Gasteiger partial charge on any atom is 0.272 e. The van der Waals surface area contributed by atoms with Gasteiger partial charge in [0.1, 0.15) is 5.69 Å². The molecule has 4 nitrogen and oxygen atoms in total. The van der Waals surface area contributed by atoms with Gasteiger partial charge in [-0.3, -0.25) is 9.36 Å². The molecule has 1 N–H and O–H groups in total. The predicted molar refractivity (Wildman–Crippen MR) is 67.1 cm³/mol. The van der Waals surface area contributed by atoms with Crippen LogP contribution in [0.15, 0.2) is 29.1 Å². The number of aryl methyl sites for hydroxylation is 1. The van der Waals surface area contributed by atoms with E-state index >= 15 is 0 Å². The quantitative estimate of drug-likeness (QED) is 0.856. The van der Waals surface area contributed by atoms with Crippen LogP contribution in [0.25, 0.3) is 11.0 Å². The van der Waals surface area contributed by atoms with Crippen molar-refractivity contribution in [1.82, 2.24) is 9.55 Å². The van der Waals surface area contributed by atoms with Crippen LogP contribution in [-0.2, 0) is 0 Å². The van der Waals surface area contributed by atoms with E-state index in [0.717, 1.165) is 11.0 Å². The van der Waals surface area contributed by atoms with E-state index in [0.29, 0.717) is 5.69 Å². The smallest absolute Gasteiger partial charge is 0.272 e. The van der Waals surface area contributed by atoms with Crippen LogP contribution in [0.4, 0.5) is 0 Å². The molecule has 2 atom stereocenters. The fourth-order valence-corrected chi connectivity index (χ4v) is 1.89. The van der Waals surface area contributed by atoms with Crippen molar-refractivity contribution in [3.05, 3.63) is 40.3 Å². The molecule has 0 fully saturated rings. The van der Waals surface area contributed by atoms with Gasteiger partial charge in [0.15, 0.2) is 0 Å². The Morgan fingerprint density at radius 3 is 2.59 bits per heavy atom. The number of aromatic nitrogens is 2. The van der Waals surface area contributed by atoms with Gasteiger partial charge < -0.3 is 5.11 Å². The molecule has 0 amide bonds. The summed E-state index contributed by atoms with van der Waals surface area (Å²) in [6.07, 6.45) is -0.585. The van der Waals surface area contributed by atoms with Crippen LogP contribution in [0.2, 0.25) is 0 Å². The number of fused-ring (bicyclic) bond motifs is 1. The summed E-state index contributed by atoms with van der Waals surface area (Å²) in [5.41, 5.74) is 1.85. The fraction of sp³-hybridized carbons (Fsp3) is 0.385. The van der Waals surface area contributed by atoms with E-state index in [4.69, 9.17) is 0 Å². The number of rotatable bonds is 2. The highest BCUT2D eigenvalue weighted by Gasteiger charge is 2.16. The summed E-state index contributed by atoms with van der Waals surface area (Å²) in [7, 11) is 0. The molecule has 4 heteroatoms. The van der Waals surface area contributed by atoms with E-state index in [1.54, 1.807) is 18.4 Å². The third-order valence-electron chi connectivity index (χ3n) is 3.06. The Hall–Kier alpha value is -1.68. The molecule has 2 aromatic rings. The van der Waals surface area contributed by atoms with Gasteiger partial charge in [-0.05, 0) is 32.9 Å². The second-order valence-corrected chi connectivity index (χ2v) is 4.34. The highest BCUT2D eigenvalue weighted by molar-refractivity contribution is 5.74. The second kappa shape index (κ2) is 4.30. The number of nitrogens with zero attached hydrogens (tertiary/aromatic N) is 2. The molecule has 0 saturated carbocycles. The van der Waals surface area contributed by atoms with Gasteiger partial charge in [0, 0.05) is 0 Å². The molecule has 1 aromatic carbocycles. The molecule has 1 aromatic heterocycles. The molecule has 2 rings (SSSR count). The molecule has 0 bridgehead atoms. The number of aliphatic hydroxyl groups excluding tert-OH is 1. The Kier molecular flexibility index (Phi) is 2.98. The molecule has 1 heterocycles. The molecule has 0 aliphatic heterocycles. The van der Waals surface area contributed by atoms with Crippen LogP contribution in [0.3, 0.4) is 0 Å². The minimum Gasteiger partial charge on any atom is -0.391 e. The molecule has 0 spiro atoms. The zero-order valence-corrected chi connectivity index (χ0v) is 10.2. The van der Waals surface area contributed by atoms with Crippen molar-refractivity contribution in [3.63, 3.8) is 0 Å². The Labute approximate surface area is 99.5 Å². The molecule has 90 valence electrons. The summed E-state index contributed by atoms with van der Waals surface area (Å²) >= 11 is 0. The zero-order valence-electron chi connectivity index (χ0n) is 10.2. The highest BCUT2D eigenvalue weighted by Crippen LogP contribution is 2.16. The van der Waals surface area contributed by atoms with Crippen molar-refractivity contribution >= 4 is 11.0 Å². The van der Waals surface area contributed by atoms with Crippen LogP contribution in [-0.4, -0.2) is 20.8 Å². The molecular weight excluding hydrogens is 216 g/mol. The van der Waals surface area contributed by atoms with Crippen LogP contribution in [0.5, 0.6) is 0 Å². The van der Waals surface area contributed by atoms with Gasteiger partial charge in [0.05, 0.1) is 23.2 Å². The first-order valence-corrected chi connectivity index (χ1v) is 5.68.